The summed E-state index contributed by atoms with van der Waals surface area (Å²) < 4.78 is 0. The number of pyridine rings is 1. The Morgan fingerprint density at radius 3 is 3.10 bits per heavy atom. The predicted octanol–water partition coefficient (Wildman–Crippen LogP) is 2.41. The maximum Gasteiger partial charge on any atom is 0.220 e. The van der Waals surface area contributed by atoms with Gasteiger partial charge in [-0.1, -0.05) is 6.07 Å². The van der Waals surface area contributed by atoms with Crippen molar-refractivity contribution >= 4 is 5.91 Å². The summed E-state index contributed by atoms with van der Waals surface area (Å²) in [5, 5.41) is 3.26. The van der Waals surface area contributed by atoms with Crippen molar-refractivity contribution in [2.24, 2.45) is 0 Å². The summed E-state index contributed by atoms with van der Waals surface area (Å²) in [6.07, 6.45) is 5.09. The van der Waals surface area contributed by atoms with Crippen molar-refractivity contribution in [2.75, 3.05) is 6.54 Å². The molecule has 3 rings (SSSR count). The minimum atomic E-state index is -0.0738. The number of nitrogens with zero attached hydrogens (tertiary/aromatic N) is 2. The number of nitrogens with one attached hydrogen (secondary N) is 1. The number of aromatic nitrogens is 1. The molecule has 2 aliphatic heterocycles. The Bertz CT molecular complexity index is 531. The molecule has 1 aromatic rings. The first-order valence-corrected chi connectivity index (χ1v) is 8.04. The maximum atomic E-state index is 11.8. The molecule has 4 heteroatoms. The average Bonchev–Trinajstić information content (AvgIpc) is 2.57. The zero-order valence-corrected chi connectivity index (χ0v) is 13.1. The number of amides is 1. The average molecular weight is 287 g/mol. The lowest BCUT2D eigenvalue weighted by Gasteiger charge is -2.46. The maximum absolute atomic E-state index is 11.8. The second-order valence-electron chi connectivity index (χ2n) is 6.72. The highest BCUT2D eigenvalue weighted by Crippen LogP contribution is 2.33. The van der Waals surface area contributed by atoms with E-state index in [-0.39, 0.29) is 11.4 Å². The van der Waals surface area contributed by atoms with E-state index in [2.05, 4.69) is 34.3 Å². The largest absolute Gasteiger partial charge is 0.349 e. The first kappa shape index (κ1) is 14.5. The van der Waals surface area contributed by atoms with Crippen LogP contribution >= 0.6 is 0 Å². The second-order valence-corrected chi connectivity index (χ2v) is 6.72. The van der Waals surface area contributed by atoms with Crippen molar-refractivity contribution in [1.82, 2.24) is 15.2 Å². The normalized spacial score (nSPS) is 30.4. The molecule has 0 spiro atoms. The van der Waals surface area contributed by atoms with Gasteiger partial charge in [0, 0.05) is 24.7 Å². The number of hydrogen-bond acceptors (Lipinski definition) is 3. The van der Waals surface area contributed by atoms with Gasteiger partial charge in [-0.05, 0) is 58.2 Å². The molecule has 1 amide bonds. The van der Waals surface area contributed by atoms with Crippen LogP contribution in [0.1, 0.15) is 50.4 Å². The van der Waals surface area contributed by atoms with Gasteiger partial charge in [0.15, 0.2) is 0 Å². The van der Waals surface area contributed by atoms with E-state index in [9.17, 15) is 4.79 Å². The van der Waals surface area contributed by atoms with Crippen LogP contribution in [0.15, 0.2) is 18.2 Å². The van der Waals surface area contributed by atoms with Crippen LogP contribution < -0.4 is 5.32 Å². The van der Waals surface area contributed by atoms with Gasteiger partial charge in [-0.3, -0.25) is 14.7 Å². The van der Waals surface area contributed by atoms with Crippen LogP contribution in [0.3, 0.4) is 0 Å². The molecule has 0 aromatic carbocycles. The lowest BCUT2D eigenvalue weighted by molar-refractivity contribution is -0.127. The van der Waals surface area contributed by atoms with Crippen LogP contribution in [-0.2, 0) is 11.3 Å². The summed E-state index contributed by atoms with van der Waals surface area (Å²) in [6.45, 7) is 6.25. The number of carbonyl (C=O) groups is 1. The van der Waals surface area contributed by atoms with Gasteiger partial charge in [-0.25, -0.2) is 0 Å². The van der Waals surface area contributed by atoms with Gasteiger partial charge in [0.25, 0.3) is 0 Å². The number of rotatable bonds is 2. The minimum Gasteiger partial charge on any atom is -0.349 e. The number of piperidine rings is 1. The van der Waals surface area contributed by atoms with Crippen molar-refractivity contribution in [3.05, 3.63) is 29.6 Å². The van der Waals surface area contributed by atoms with E-state index in [1.165, 1.54) is 12.8 Å². The summed E-state index contributed by atoms with van der Waals surface area (Å²) >= 11 is 0. The van der Waals surface area contributed by atoms with Crippen molar-refractivity contribution in [1.29, 1.82) is 0 Å². The molecule has 1 N–H and O–H groups in total. The van der Waals surface area contributed by atoms with Crippen molar-refractivity contribution in [2.45, 2.75) is 64.1 Å². The van der Waals surface area contributed by atoms with E-state index < -0.39 is 0 Å². The topological polar surface area (TPSA) is 45.2 Å². The van der Waals surface area contributed by atoms with Gasteiger partial charge in [-0.2, -0.15) is 0 Å². The van der Waals surface area contributed by atoms with E-state index >= 15 is 0 Å². The Balaban J connectivity index is 1.81. The molecule has 0 unspecified atom stereocenters. The van der Waals surface area contributed by atoms with Crippen LogP contribution in [0, 0.1) is 6.92 Å². The summed E-state index contributed by atoms with van der Waals surface area (Å²) in [5.74, 6) is 0.212. The Kier molecular flexibility index (Phi) is 3.98. The fourth-order valence-corrected chi connectivity index (χ4v) is 3.91. The molecule has 2 saturated heterocycles. The third-order valence-electron chi connectivity index (χ3n) is 4.95. The lowest BCUT2D eigenvalue weighted by Crippen LogP contribution is -2.62. The Hall–Kier alpha value is -1.42. The molecule has 114 valence electrons. The van der Waals surface area contributed by atoms with Crippen LogP contribution in [0.4, 0.5) is 0 Å². The number of carbonyl (C=O) groups excluding carboxylic acids is 1. The third-order valence-corrected chi connectivity index (χ3v) is 4.95. The van der Waals surface area contributed by atoms with Crippen molar-refractivity contribution in [3.63, 3.8) is 0 Å². The van der Waals surface area contributed by atoms with Gasteiger partial charge in [0.05, 0.1) is 11.2 Å². The molecule has 4 nitrogen and oxygen atoms in total. The number of hydrogen-bond donors (Lipinski definition) is 1. The molecule has 0 aliphatic carbocycles. The molecule has 0 saturated carbocycles. The number of fused-ring (bicyclic) bond motifs is 1. The van der Waals surface area contributed by atoms with E-state index in [4.69, 9.17) is 0 Å². The highest BCUT2D eigenvalue weighted by Gasteiger charge is 2.43. The summed E-state index contributed by atoms with van der Waals surface area (Å²) in [6, 6.07) is 6.66. The molecule has 1 aromatic heterocycles. The Labute approximate surface area is 126 Å². The molecular weight excluding hydrogens is 262 g/mol. The summed E-state index contributed by atoms with van der Waals surface area (Å²) in [7, 11) is 0. The van der Waals surface area contributed by atoms with Crippen molar-refractivity contribution < 1.29 is 4.79 Å². The molecule has 2 aliphatic rings. The summed E-state index contributed by atoms with van der Waals surface area (Å²) in [5.41, 5.74) is 2.13. The van der Waals surface area contributed by atoms with Crippen LogP contribution in [0.5, 0.6) is 0 Å². The minimum absolute atomic E-state index is 0.0738. The van der Waals surface area contributed by atoms with E-state index in [0.29, 0.717) is 12.5 Å². The first-order chi connectivity index (χ1) is 10.1. The molecule has 0 bridgehead atoms. The SMILES string of the molecule is Cc1cccc(CN2CCCC[C@]3(C)NC(=O)CC[C@H]23)n1. The Morgan fingerprint density at radius 2 is 2.29 bits per heavy atom. The Morgan fingerprint density at radius 1 is 1.43 bits per heavy atom. The number of likely N-dealkylation sites (tertiary alicyclic amines) is 1. The molecule has 0 radical (unpaired) electrons. The molecule has 21 heavy (non-hydrogen) atoms. The fraction of sp³-hybridized carbons (Fsp3) is 0.647. The first-order valence-electron chi connectivity index (χ1n) is 8.04. The number of aryl methyl sites for hydroxylation is 1. The summed E-state index contributed by atoms with van der Waals surface area (Å²) in [4.78, 5) is 19.0. The predicted molar refractivity (Wildman–Crippen MR) is 82.8 cm³/mol. The highest BCUT2D eigenvalue weighted by atomic mass is 16.1. The lowest BCUT2D eigenvalue weighted by atomic mass is 9.81. The van der Waals surface area contributed by atoms with E-state index in [1.807, 2.05) is 13.0 Å². The smallest absolute Gasteiger partial charge is 0.220 e. The molecule has 2 atom stereocenters. The standard InChI is InChI=1S/C17H25N3O/c1-13-6-5-7-14(18-13)12-20-11-4-3-10-17(2)15(20)8-9-16(21)19-17/h5-7,15H,3-4,8-12H2,1-2H3,(H,19,21)/t15-,17-/m0/s1. The zero-order valence-electron chi connectivity index (χ0n) is 13.1. The van der Waals surface area contributed by atoms with Crippen LogP contribution in [-0.4, -0.2) is 33.9 Å². The highest BCUT2D eigenvalue weighted by molar-refractivity contribution is 5.78. The second kappa shape index (κ2) is 5.76. The fourth-order valence-electron chi connectivity index (χ4n) is 3.91. The van der Waals surface area contributed by atoms with Crippen LogP contribution in [0.2, 0.25) is 0 Å². The van der Waals surface area contributed by atoms with Crippen LogP contribution in [0.25, 0.3) is 0 Å². The van der Waals surface area contributed by atoms with Gasteiger partial charge in [-0.15, -0.1) is 0 Å². The molecular formula is C17H25N3O. The van der Waals surface area contributed by atoms with E-state index in [0.717, 1.165) is 37.3 Å². The third kappa shape index (κ3) is 3.10. The van der Waals surface area contributed by atoms with Crippen molar-refractivity contribution in [3.8, 4) is 0 Å². The van der Waals surface area contributed by atoms with Gasteiger partial charge >= 0.3 is 0 Å². The van der Waals surface area contributed by atoms with Gasteiger partial charge in [0.2, 0.25) is 5.91 Å². The zero-order chi connectivity index (χ0) is 14.9. The quantitative estimate of drug-likeness (QED) is 0.908. The van der Waals surface area contributed by atoms with E-state index in [1.54, 1.807) is 0 Å². The molecule has 3 heterocycles. The monoisotopic (exact) mass is 287 g/mol. The van der Waals surface area contributed by atoms with Gasteiger partial charge in [0.1, 0.15) is 0 Å². The van der Waals surface area contributed by atoms with Gasteiger partial charge < -0.3 is 5.32 Å². The molecule has 2 fully saturated rings.